The number of nitrogens with zero attached hydrogens (tertiary/aromatic N) is 2. The highest BCUT2D eigenvalue weighted by atomic mass is 16.5. The summed E-state index contributed by atoms with van der Waals surface area (Å²) in [6, 6.07) is 1.73. The van der Waals surface area contributed by atoms with Crippen molar-refractivity contribution in [2.24, 2.45) is 0 Å². The average molecular weight is 210 g/mol. The van der Waals surface area contributed by atoms with Crippen molar-refractivity contribution in [1.29, 1.82) is 0 Å². The van der Waals surface area contributed by atoms with Crippen molar-refractivity contribution in [1.82, 2.24) is 9.97 Å². The normalized spacial score (nSPS) is 10.3. The number of ether oxygens (including phenoxy) is 1. The molecule has 1 rings (SSSR count). The molecule has 3 N–H and O–H groups in total. The summed E-state index contributed by atoms with van der Waals surface area (Å²) in [7, 11) is 0. The fraction of sp³-hybridized carbons (Fsp3) is 0.600. The number of nitrogens with one attached hydrogen (secondary N) is 1. The van der Waals surface area contributed by atoms with Crippen LogP contribution in [0.25, 0.3) is 0 Å². The molecule has 0 saturated carbocycles. The van der Waals surface area contributed by atoms with Crippen molar-refractivity contribution in [3.63, 3.8) is 0 Å². The number of rotatable bonds is 6. The first-order valence-electron chi connectivity index (χ1n) is 5.21. The van der Waals surface area contributed by atoms with Gasteiger partial charge in [0.2, 0.25) is 0 Å². The van der Waals surface area contributed by atoms with Gasteiger partial charge in [0.15, 0.2) is 5.82 Å². The highest BCUT2D eigenvalue weighted by Gasteiger charge is 2.01. The summed E-state index contributed by atoms with van der Waals surface area (Å²) in [5.74, 6) is 1.85. The van der Waals surface area contributed by atoms with E-state index in [0.717, 1.165) is 18.8 Å². The van der Waals surface area contributed by atoms with Crippen LogP contribution in [0.2, 0.25) is 0 Å². The van der Waals surface area contributed by atoms with Gasteiger partial charge in [-0.15, -0.1) is 0 Å². The molecule has 0 atom stereocenters. The Balaban J connectivity index is 2.66. The van der Waals surface area contributed by atoms with Gasteiger partial charge in [0, 0.05) is 19.2 Å². The lowest BCUT2D eigenvalue weighted by Gasteiger charge is -2.07. The molecule has 0 unspecified atom stereocenters. The topological polar surface area (TPSA) is 73.1 Å². The summed E-state index contributed by atoms with van der Waals surface area (Å²) in [6.45, 7) is 5.96. The molecule has 15 heavy (non-hydrogen) atoms. The predicted octanol–water partition coefficient (Wildman–Crippen LogP) is 1.42. The van der Waals surface area contributed by atoms with Gasteiger partial charge in [-0.25, -0.2) is 9.97 Å². The molecule has 0 spiro atoms. The molecule has 0 radical (unpaired) electrons. The van der Waals surface area contributed by atoms with Crippen LogP contribution in [-0.4, -0.2) is 23.1 Å². The van der Waals surface area contributed by atoms with Gasteiger partial charge in [0.25, 0.3) is 0 Å². The van der Waals surface area contributed by atoms with Crippen LogP contribution < -0.4 is 11.1 Å². The van der Waals surface area contributed by atoms with Crippen molar-refractivity contribution < 1.29 is 4.74 Å². The van der Waals surface area contributed by atoms with Crippen molar-refractivity contribution in [3.8, 4) is 0 Å². The maximum absolute atomic E-state index is 5.66. The van der Waals surface area contributed by atoms with E-state index in [1.807, 2.05) is 6.92 Å². The molecule has 0 amide bonds. The van der Waals surface area contributed by atoms with Gasteiger partial charge in [-0.1, -0.05) is 6.92 Å². The zero-order valence-corrected chi connectivity index (χ0v) is 9.29. The molecule has 0 aromatic carbocycles. The molecule has 0 saturated heterocycles. The van der Waals surface area contributed by atoms with Gasteiger partial charge in [0.05, 0.1) is 0 Å². The maximum Gasteiger partial charge on any atom is 0.158 e. The minimum absolute atomic E-state index is 0.405. The quantitative estimate of drug-likeness (QED) is 0.742. The number of hydrogen-bond donors (Lipinski definition) is 2. The van der Waals surface area contributed by atoms with Crippen molar-refractivity contribution in [3.05, 3.63) is 11.9 Å². The lowest BCUT2D eigenvalue weighted by atomic mass is 10.4. The lowest BCUT2D eigenvalue weighted by Crippen LogP contribution is -2.08. The Labute approximate surface area is 90.1 Å². The van der Waals surface area contributed by atoms with Crippen molar-refractivity contribution in [2.45, 2.75) is 26.9 Å². The highest BCUT2D eigenvalue weighted by Crippen LogP contribution is 2.08. The highest BCUT2D eigenvalue weighted by molar-refractivity contribution is 5.44. The van der Waals surface area contributed by atoms with Crippen LogP contribution in [0.5, 0.6) is 0 Å². The maximum atomic E-state index is 5.66. The summed E-state index contributed by atoms with van der Waals surface area (Å²) in [4.78, 5) is 8.36. The second-order valence-electron chi connectivity index (χ2n) is 3.16. The second-order valence-corrected chi connectivity index (χ2v) is 3.16. The number of hydrogen-bond acceptors (Lipinski definition) is 5. The average Bonchev–Trinajstić information content (AvgIpc) is 2.23. The van der Waals surface area contributed by atoms with E-state index in [0.29, 0.717) is 24.9 Å². The largest absolute Gasteiger partial charge is 0.384 e. The minimum Gasteiger partial charge on any atom is -0.384 e. The molecular weight excluding hydrogens is 192 g/mol. The minimum atomic E-state index is 0.405. The molecule has 5 nitrogen and oxygen atoms in total. The molecule has 0 fully saturated rings. The predicted molar refractivity (Wildman–Crippen MR) is 60.6 cm³/mol. The molecule has 1 aromatic rings. The van der Waals surface area contributed by atoms with E-state index in [1.54, 1.807) is 6.07 Å². The van der Waals surface area contributed by atoms with Crippen molar-refractivity contribution >= 4 is 11.6 Å². The molecule has 1 heterocycles. The van der Waals surface area contributed by atoms with Crippen LogP contribution in [0.1, 0.15) is 26.1 Å². The molecule has 1 aromatic heterocycles. The van der Waals surface area contributed by atoms with Crippen LogP contribution in [0.4, 0.5) is 11.6 Å². The standard InChI is InChI=1S/C10H18N4O/c1-3-5-12-9-6-8(11)13-10(14-9)7-15-4-2/h6H,3-5,7H2,1-2H3,(H3,11,12,13,14). The molecule has 0 aliphatic heterocycles. The van der Waals surface area contributed by atoms with Crippen LogP contribution in [-0.2, 0) is 11.3 Å². The Morgan fingerprint density at radius 2 is 2.20 bits per heavy atom. The zero-order valence-electron chi connectivity index (χ0n) is 9.29. The first-order chi connectivity index (χ1) is 7.26. The Morgan fingerprint density at radius 1 is 1.40 bits per heavy atom. The Hall–Kier alpha value is -1.36. The van der Waals surface area contributed by atoms with E-state index in [-0.39, 0.29) is 0 Å². The Morgan fingerprint density at radius 3 is 2.87 bits per heavy atom. The first kappa shape index (κ1) is 11.7. The fourth-order valence-corrected chi connectivity index (χ4v) is 1.12. The van der Waals surface area contributed by atoms with Crippen LogP contribution in [0.3, 0.4) is 0 Å². The number of nitrogens with two attached hydrogens (primary N) is 1. The summed E-state index contributed by atoms with van der Waals surface area (Å²) in [6.07, 6.45) is 1.05. The van der Waals surface area contributed by atoms with Crippen molar-refractivity contribution in [2.75, 3.05) is 24.2 Å². The van der Waals surface area contributed by atoms with E-state index in [9.17, 15) is 0 Å². The molecule has 84 valence electrons. The summed E-state index contributed by atoms with van der Waals surface area (Å²) in [5, 5.41) is 3.17. The third kappa shape index (κ3) is 4.12. The van der Waals surface area contributed by atoms with Gasteiger partial charge in [-0.05, 0) is 13.3 Å². The molecule has 0 aliphatic rings. The first-order valence-corrected chi connectivity index (χ1v) is 5.21. The number of anilines is 2. The van der Waals surface area contributed by atoms with E-state index in [2.05, 4.69) is 22.2 Å². The Kier molecular flexibility index (Phi) is 4.83. The van der Waals surface area contributed by atoms with E-state index >= 15 is 0 Å². The second kappa shape index (κ2) is 6.19. The lowest BCUT2D eigenvalue weighted by molar-refractivity contribution is 0.128. The number of nitrogen functional groups attached to an aromatic ring is 1. The molecular formula is C10H18N4O. The fourth-order valence-electron chi connectivity index (χ4n) is 1.12. The van der Waals surface area contributed by atoms with Gasteiger partial charge < -0.3 is 15.8 Å². The SMILES string of the molecule is CCCNc1cc(N)nc(COCC)n1. The van der Waals surface area contributed by atoms with E-state index < -0.39 is 0 Å². The summed E-state index contributed by atoms with van der Waals surface area (Å²) >= 11 is 0. The van der Waals surface area contributed by atoms with E-state index in [1.165, 1.54) is 0 Å². The van der Waals surface area contributed by atoms with Gasteiger partial charge >= 0.3 is 0 Å². The molecule has 0 aliphatic carbocycles. The monoisotopic (exact) mass is 210 g/mol. The summed E-state index contributed by atoms with van der Waals surface area (Å²) in [5.41, 5.74) is 5.66. The van der Waals surface area contributed by atoms with Crippen LogP contribution in [0.15, 0.2) is 6.07 Å². The van der Waals surface area contributed by atoms with Crippen LogP contribution >= 0.6 is 0 Å². The molecule has 0 bridgehead atoms. The smallest absolute Gasteiger partial charge is 0.158 e. The summed E-state index contributed by atoms with van der Waals surface area (Å²) < 4.78 is 5.23. The van der Waals surface area contributed by atoms with Gasteiger partial charge in [-0.3, -0.25) is 0 Å². The van der Waals surface area contributed by atoms with E-state index in [4.69, 9.17) is 10.5 Å². The zero-order chi connectivity index (χ0) is 11.1. The third-order valence-corrected chi connectivity index (χ3v) is 1.78. The molecule has 5 heteroatoms. The van der Waals surface area contributed by atoms with Crippen LogP contribution in [0, 0.1) is 0 Å². The number of aromatic nitrogens is 2. The van der Waals surface area contributed by atoms with Gasteiger partial charge in [0.1, 0.15) is 18.2 Å². The Bertz CT molecular complexity index is 277. The third-order valence-electron chi connectivity index (χ3n) is 1.78. The van der Waals surface area contributed by atoms with Gasteiger partial charge in [-0.2, -0.15) is 0 Å².